The number of likely N-dealkylation sites (N-methyl/N-ethyl adjacent to an activating group) is 1. The third-order valence-corrected chi connectivity index (χ3v) is 7.71. The van der Waals surface area contributed by atoms with Gasteiger partial charge in [-0.15, -0.1) is 0 Å². The van der Waals surface area contributed by atoms with Crippen LogP contribution >= 0.6 is 0 Å². The molecule has 0 atom stereocenters. The fraction of sp³-hybridized carbons (Fsp3) is 0.458. The number of carbonyl (C=O) groups is 1. The number of hydrogen-bond acceptors (Lipinski definition) is 7. The maximum Gasteiger partial charge on any atom is 0.243 e. The van der Waals surface area contributed by atoms with Crippen molar-refractivity contribution in [3.63, 3.8) is 0 Å². The van der Waals surface area contributed by atoms with Crippen molar-refractivity contribution in [3.05, 3.63) is 48.0 Å². The summed E-state index contributed by atoms with van der Waals surface area (Å²) in [6.07, 6.45) is 0. The van der Waals surface area contributed by atoms with Crippen LogP contribution in [0.2, 0.25) is 0 Å². The van der Waals surface area contributed by atoms with Crippen molar-refractivity contribution in [2.75, 3.05) is 67.1 Å². The Morgan fingerprint density at radius 2 is 1.65 bits per heavy atom. The lowest BCUT2D eigenvalue weighted by Crippen LogP contribution is -2.52. The molecule has 9 nitrogen and oxygen atoms in total. The van der Waals surface area contributed by atoms with E-state index in [0.29, 0.717) is 37.7 Å². The van der Waals surface area contributed by atoms with E-state index in [1.165, 1.54) is 30.7 Å². The van der Waals surface area contributed by atoms with Crippen LogP contribution in [0.25, 0.3) is 0 Å². The Kier molecular flexibility index (Phi) is 8.76. The van der Waals surface area contributed by atoms with Gasteiger partial charge in [-0.3, -0.25) is 9.69 Å². The molecule has 2 aromatic rings. The quantitative estimate of drug-likeness (QED) is 0.501. The van der Waals surface area contributed by atoms with E-state index in [9.17, 15) is 13.2 Å². The Morgan fingerprint density at radius 1 is 0.971 bits per heavy atom. The third-order valence-electron chi connectivity index (χ3n) is 5.81. The van der Waals surface area contributed by atoms with Gasteiger partial charge in [0.25, 0.3) is 0 Å². The monoisotopic (exact) mass is 491 g/mol. The Morgan fingerprint density at radius 3 is 2.29 bits per heavy atom. The third kappa shape index (κ3) is 6.19. The van der Waals surface area contributed by atoms with Crippen LogP contribution in [0.15, 0.2) is 47.4 Å². The van der Waals surface area contributed by atoms with Crippen LogP contribution in [0.1, 0.15) is 5.56 Å². The van der Waals surface area contributed by atoms with E-state index in [1.807, 2.05) is 43.1 Å². The number of nitrogens with zero attached hydrogens (tertiary/aromatic N) is 3. The molecule has 0 radical (unpaired) electrons. The highest BCUT2D eigenvalue weighted by molar-refractivity contribution is 7.89. The number of sulfonamides is 1. The molecule has 10 heteroatoms. The Balaban J connectivity index is 1.49. The molecular weight excluding hydrogens is 458 g/mol. The molecule has 0 aromatic heterocycles. The molecule has 34 heavy (non-hydrogen) atoms. The van der Waals surface area contributed by atoms with Gasteiger partial charge in [0.15, 0.2) is 11.5 Å². The van der Waals surface area contributed by atoms with E-state index in [4.69, 9.17) is 14.2 Å². The number of piperazine rings is 1. The predicted molar refractivity (Wildman–Crippen MR) is 129 cm³/mol. The molecule has 1 aliphatic rings. The fourth-order valence-corrected chi connectivity index (χ4v) is 5.18. The number of methoxy groups -OCH3 is 2. The highest BCUT2D eigenvalue weighted by atomic mass is 32.2. The van der Waals surface area contributed by atoms with Gasteiger partial charge in [0, 0.05) is 38.8 Å². The van der Waals surface area contributed by atoms with Gasteiger partial charge in [0.1, 0.15) is 12.4 Å². The number of benzene rings is 2. The van der Waals surface area contributed by atoms with E-state index in [1.54, 1.807) is 11.0 Å². The summed E-state index contributed by atoms with van der Waals surface area (Å²) in [5.41, 5.74) is 1.07. The molecule has 1 saturated heterocycles. The van der Waals surface area contributed by atoms with Gasteiger partial charge in [0.2, 0.25) is 15.9 Å². The molecule has 0 unspecified atom stereocenters. The minimum Gasteiger partial charge on any atom is -0.493 e. The van der Waals surface area contributed by atoms with Crippen molar-refractivity contribution in [1.82, 2.24) is 14.1 Å². The lowest BCUT2D eigenvalue weighted by Gasteiger charge is -2.34. The van der Waals surface area contributed by atoms with E-state index in [-0.39, 0.29) is 30.4 Å². The van der Waals surface area contributed by atoms with Gasteiger partial charge in [-0.05, 0) is 37.7 Å². The predicted octanol–water partition coefficient (Wildman–Crippen LogP) is 1.86. The zero-order chi connectivity index (χ0) is 24.7. The van der Waals surface area contributed by atoms with E-state index >= 15 is 0 Å². The number of rotatable bonds is 10. The first-order chi connectivity index (χ1) is 16.3. The maximum atomic E-state index is 13.1. The topological polar surface area (TPSA) is 88.6 Å². The molecule has 0 spiro atoms. The number of ether oxygens (including phenoxy) is 3. The smallest absolute Gasteiger partial charge is 0.243 e. The molecule has 0 N–H and O–H groups in total. The summed E-state index contributed by atoms with van der Waals surface area (Å²) in [5.74, 6) is 1.63. The summed E-state index contributed by atoms with van der Waals surface area (Å²) in [5, 5.41) is 0. The van der Waals surface area contributed by atoms with Crippen LogP contribution in [0.4, 0.5) is 0 Å². The van der Waals surface area contributed by atoms with Crippen molar-refractivity contribution in [1.29, 1.82) is 0 Å². The normalized spacial score (nSPS) is 14.8. The van der Waals surface area contributed by atoms with Crippen molar-refractivity contribution < 1.29 is 27.4 Å². The van der Waals surface area contributed by atoms with Gasteiger partial charge < -0.3 is 19.1 Å². The van der Waals surface area contributed by atoms with Crippen molar-refractivity contribution in [2.24, 2.45) is 0 Å². The summed E-state index contributed by atoms with van der Waals surface area (Å²) in [7, 11) is 1.13. The average molecular weight is 492 g/mol. The molecule has 3 rings (SSSR count). The molecular formula is C24H33N3O6S. The lowest BCUT2D eigenvalue weighted by atomic mass is 10.2. The Labute approximate surface area is 201 Å². The van der Waals surface area contributed by atoms with Crippen LogP contribution < -0.4 is 14.2 Å². The molecule has 2 aromatic carbocycles. The summed E-state index contributed by atoms with van der Waals surface area (Å²) >= 11 is 0. The summed E-state index contributed by atoms with van der Waals surface area (Å²) in [6.45, 7) is 4.50. The van der Waals surface area contributed by atoms with Crippen LogP contribution in [-0.4, -0.2) is 95.6 Å². The van der Waals surface area contributed by atoms with E-state index < -0.39 is 10.0 Å². The molecule has 0 bridgehead atoms. The second kappa shape index (κ2) is 11.5. The van der Waals surface area contributed by atoms with Crippen molar-refractivity contribution >= 4 is 15.9 Å². The van der Waals surface area contributed by atoms with Gasteiger partial charge in [-0.1, -0.05) is 18.2 Å². The minimum absolute atomic E-state index is 0.0263. The van der Waals surface area contributed by atoms with Gasteiger partial charge in [-0.25, -0.2) is 8.42 Å². The molecule has 1 heterocycles. The van der Waals surface area contributed by atoms with E-state index in [2.05, 4.69) is 0 Å². The minimum atomic E-state index is -3.70. The van der Waals surface area contributed by atoms with E-state index in [0.717, 1.165) is 11.3 Å². The number of aryl methyl sites for hydroxylation is 1. The number of amides is 1. The SMILES string of the molecule is COc1ccc(S(=O)(=O)N2CCN(C(=O)CN(C)CCOc3ccccc3C)CC2)cc1OC. The summed E-state index contributed by atoms with van der Waals surface area (Å²) in [6, 6.07) is 12.3. The summed E-state index contributed by atoms with van der Waals surface area (Å²) in [4.78, 5) is 16.5. The first kappa shape index (κ1) is 25.8. The van der Waals surface area contributed by atoms with Crippen LogP contribution in [0.5, 0.6) is 17.2 Å². The first-order valence-corrected chi connectivity index (χ1v) is 12.6. The highest BCUT2D eigenvalue weighted by Gasteiger charge is 2.31. The van der Waals surface area contributed by atoms with Gasteiger partial charge in [-0.2, -0.15) is 4.31 Å². The Hall–Kier alpha value is -2.82. The zero-order valence-corrected chi connectivity index (χ0v) is 21.0. The molecule has 0 saturated carbocycles. The lowest BCUT2D eigenvalue weighted by molar-refractivity contribution is -0.133. The highest BCUT2D eigenvalue weighted by Crippen LogP contribution is 2.30. The standard InChI is InChI=1S/C24H33N3O6S/c1-19-7-5-6-8-21(19)33-16-15-25(2)18-24(28)26-11-13-27(14-12-26)34(29,30)20-9-10-22(31-3)23(17-20)32-4/h5-10,17H,11-16,18H2,1-4H3. The number of para-hydroxylation sites is 1. The number of hydrogen-bond donors (Lipinski definition) is 0. The maximum absolute atomic E-state index is 13.1. The van der Waals surface area contributed by atoms with Gasteiger partial charge >= 0.3 is 0 Å². The summed E-state index contributed by atoms with van der Waals surface area (Å²) < 4.78 is 43.8. The van der Waals surface area contributed by atoms with Crippen molar-refractivity contribution in [3.8, 4) is 17.2 Å². The average Bonchev–Trinajstić information content (AvgIpc) is 2.84. The van der Waals surface area contributed by atoms with Gasteiger partial charge in [0.05, 0.1) is 25.7 Å². The molecule has 186 valence electrons. The second-order valence-electron chi connectivity index (χ2n) is 8.15. The molecule has 1 fully saturated rings. The van der Waals surface area contributed by atoms with Crippen LogP contribution in [-0.2, 0) is 14.8 Å². The number of carbonyl (C=O) groups excluding carboxylic acids is 1. The van der Waals surface area contributed by atoms with Crippen LogP contribution in [0, 0.1) is 6.92 Å². The van der Waals surface area contributed by atoms with Crippen molar-refractivity contribution in [2.45, 2.75) is 11.8 Å². The molecule has 1 amide bonds. The largest absolute Gasteiger partial charge is 0.493 e. The fourth-order valence-electron chi connectivity index (χ4n) is 3.74. The Bertz CT molecular complexity index is 1080. The molecule has 0 aliphatic carbocycles. The second-order valence-corrected chi connectivity index (χ2v) is 10.1. The molecule has 1 aliphatic heterocycles. The first-order valence-electron chi connectivity index (χ1n) is 11.1. The van der Waals surface area contributed by atoms with Crippen LogP contribution in [0.3, 0.4) is 0 Å². The zero-order valence-electron chi connectivity index (χ0n) is 20.2.